The predicted molar refractivity (Wildman–Crippen MR) is 82.5 cm³/mol. The first-order valence-corrected chi connectivity index (χ1v) is 7.63. The summed E-state index contributed by atoms with van der Waals surface area (Å²) in [6, 6.07) is 0. The van der Waals surface area contributed by atoms with E-state index in [4.69, 9.17) is 4.74 Å². The van der Waals surface area contributed by atoms with Gasteiger partial charge in [0.2, 0.25) is 5.95 Å². The van der Waals surface area contributed by atoms with E-state index >= 15 is 0 Å². The van der Waals surface area contributed by atoms with Gasteiger partial charge in [0.1, 0.15) is 5.82 Å². The molecule has 1 aliphatic heterocycles. The highest BCUT2D eigenvalue weighted by Gasteiger charge is 2.15. The summed E-state index contributed by atoms with van der Waals surface area (Å²) in [7, 11) is 0. The van der Waals surface area contributed by atoms with Gasteiger partial charge in [-0.1, -0.05) is 6.92 Å². The highest BCUT2D eigenvalue weighted by atomic mass is 16.5. The molecule has 0 bridgehead atoms. The zero-order chi connectivity index (χ0) is 14.5. The SMILES string of the molecule is CCCNc1nc(NCCC2CCOC2)c2cn[nH]c2n1. The highest BCUT2D eigenvalue weighted by Crippen LogP contribution is 2.21. The molecule has 1 saturated heterocycles. The van der Waals surface area contributed by atoms with Crippen molar-refractivity contribution in [2.75, 3.05) is 36.9 Å². The van der Waals surface area contributed by atoms with E-state index in [9.17, 15) is 0 Å². The van der Waals surface area contributed by atoms with Crippen LogP contribution in [-0.2, 0) is 4.74 Å². The maximum absolute atomic E-state index is 5.40. The molecule has 21 heavy (non-hydrogen) atoms. The zero-order valence-electron chi connectivity index (χ0n) is 12.4. The third kappa shape index (κ3) is 3.41. The molecule has 0 aliphatic carbocycles. The molecule has 0 aromatic carbocycles. The lowest BCUT2D eigenvalue weighted by Crippen LogP contribution is -2.12. The van der Waals surface area contributed by atoms with Gasteiger partial charge in [-0.25, -0.2) is 0 Å². The average molecular weight is 290 g/mol. The smallest absolute Gasteiger partial charge is 0.226 e. The van der Waals surface area contributed by atoms with Gasteiger partial charge in [-0.05, 0) is 25.2 Å². The van der Waals surface area contributed by atoms with E-state index in [1.54, 1.807) is 6.20 Å². The molecule has 1 fully saturated rings. The summed E-state index contributed by atoms with van der Waals surface area (Å²) in [4.78, 5) is 8.97. The van der Waals surface area contributed by atoms with Gasteiger partial charge in [0.15, 0.2) is 5.65 Å². The molecule has 0 spiro atoms. The lowest BCUT2D eigenvalue weighted by Gasteiger charge is -2.11. The number of hydrogen-bond acceptors (Lipinski definition) is 6. The van der Waals surface area contributed by atoms with Crippen molar-refractivity contribution in [1.29, 1.82) is 0 Å². The van der Waals surface area contributed by atoms with Gasteiger partial charge in [0.05, 0.1) is 11.6 Å². The van der Waals surface area contributed by atoms with Crippen LogP contribution in [0.3, 0.4) is 0 Å². The minimum atomic E-state index is 0.639. The van der Waals surface area contributed by atoms with Crippen LogP contribution in [0, 0.1) is 5.92 Å². The van der Waals surface area contributed by atoms with Crippen molar-refractivity contribution in [1.82, 2.24) is 20.2 Å². The van der Waals surface area contributed by atoms with Crippen LogP contribution in [0.2, 0.25) is 0 Å². The van der Waals surface area contributed by atoms with Gasteiger partial charge >= 0.3 is 0 Å². The number of anilines is 2. The van der Waals surface area contributed by atoms with Crippen LogP contribution >= 0.6 is 0 Å². The third-order valence-corrected chi connectivity index (χ3v) is 3.71. The molecule has 1 unspecified atom stereocenters. The Bertz CT molecular complexity index is 578. The molecule has 3 heterocycles. The maximum Gasteiger partial charge on any atom is 0.226 e. The predicted octanol–water partition coefficient (Wildman–Crippen LogP) is 2.01. The third-order valence-electron chi connectivity index (χ3n) is 3.71. The fourth-order valence-electron chi connectivity index (χ4n) is 2.49. The Hall–Kier alpha value is -1.89. The Balaban J connectivity index is 1.68. The molecule has 0 saturated carbocycles. The molecule has 3 N–H and O–H groups in total. The molecule has 7 heteroatoms. The summed E-state index contributed by atoms with van der Waals surface area (Å²) >= 11 is 0. The van der Waals surface area contributed by atoms with Crippen molar-refractivity contribution in [2.45, 2.75) is 26.2 Å². The summed E-state index contributed by atoms with van der Waals surface area (Å²) in [5, 5.41) is 14.5. The van der Waals surface area contributed by atoms with Crippen molar-refractivity contribution < 1.29 is 4.74 Å². The van der Waals surface area contributed by atoms with Crippen molar-refractivity contribution >= 4 is 22.8 Å². The second-order valence-corrected chi connectivity index (χ2v) is 5.40. The van der Waals surface area contributed by atoms with Gasteiger partial charge in [0, 0.05) is 26.3 Å². The summed E-state index contributed by atoms with van der Waals surface area (Å²) in [6.07, 6.45) is 5.06. The van der Waals surface area contributed by atoms with Crippen molar-refractivity contribution in [2.24, 2.45) is 5.92 Å². The molecular formula is C14H22N6O. The molecule has 2 aromatic rings. The zero-order valence-corrected chi connectivity index (χ0v) is 12.4. The topological polar surface area (TPSA) is 87.8 Å². The Morgan fingerprint density at radius 2 is 2.29 bits per heavy atom. The van der Waals surface area contributed by atoms with Crippen LogP contribution in [0.1, 0.15) is 26.2 Å². The van der Waals surface area contributed by atoms with Gasteiger partial charge < -0.3 is 15.4 Å². The van der Waals surface area contributed by atoms with Gasteiger partial charge in [-0.15, -0.1) is 0 Å². The number of ether oxygens (including phenoxy) is 1. The first kappa shape index (κ1) is 14.1. The van der Waals surface area contributed by atoms with Crippen LogP contribution in [0.15, 0.2) is 6.20 Å². The Morgan fingerprint density at radius 1 is 1.33 bits per heavy atom. The minimum absolute atomic E-state index is 0.639. The van der Waals surface area contributed by atoms with Gasteiger partial charge in [-0.3, -0.25) is 5.10 Å². The van der Waals surface area contributed by atoms with Crippen molar-refractivity contribution in [3.8, 4) is 0 Å². The van der Waals surface area contributed by atoms with E-state index in [0.29, 0.717) is 11.9 Å². The van der Waals surface area contributed by atoms with E-state index in [2.05, 4.69) is 37.7 Å². The van der Waals surface area contributed by atoms with E-state index < -0.39 is 0 Å². The number of nitrogens with zero attached hydrogens (tertiary/aromatic N) is 3. The molecule has 7 nitrogen and oxygen atoms in total. The van der Waals surface area contributed by atoms with Crippen LogP contribution < -0.4 is 10.6 Å². The van der Waals surface area contributed by atoms with E-state index in [1.807, 2.05) is 0 Å². The molecule has 0 radical (unpaired) electrons. The van der Waals surface area contributed by atoms with Crippen LogP contribution in [-0.4, -0.2) is 46.5 Å². The summed E-state index contributed by atoms with van der Waals surface area (Å²) in [5.41, 5.74) is 0.760. The molecule has 1 atom stereocenters. The largest absolute Gasteiger partial charge is 0.381 e. The number of rotatable bonds is 7. The van der Waals surface area contributed by atoms with Crippen LogP contribution in [0.25, 0.3) is 11.0 Å². The van der Waals surface area contributed by atoms with E-state index in [1.165, 1.54) is 0 Å². The lowest BCUT2D eigenvalue weighted by molar-refractivity contribution is 0.185. The molecule has 2 aromatic heterocycles. The van der Waals surface area contributed by atoms with Crippen LogP contribution in [0.5, 0.6) is 0 Å². The van der Waals surface area contributed by atoms with Gasteiger partial charge in [-0.2, -0.15) is 15.1 Å². The lowest BCUT2D eigenvalue weighted by atomic mass is 10.1. The molecule has 1 aliphatic rings. The van der Waals surface area contributed by atoms with E-state index in [0.717, 1.165) is 62.4 Å². The van der Waals surface area contributed by atoms with Crippen LogP contribution in [0.4, 0.5) is 11.8 Å². The van der Waals surface area contributed by atoms with Crippen molar-refractivity contribution in [3.05, 3.63) is 6.20 Å². The molecule has 3 rings (SSSR count). The van der Waals surface area contributed by atoms with Gasteiger partial charge in [0.25, 0.3) is 0 Å². The number of nitrogens with one attached hydrogen (secondary N) is 3. The molecule has 114 valence electrons. The number of fused-ring (bicyclic) bond motifs is 1. The number of aromatic nitrogens is 4. The van der Waals surface area contributed by atoms with Crippen molar-refractivity contribution in [3.63, 3.8) is 0 Å². The molecular weight excluding hydrogens is 268 g/mol. The second-order valence-electron chi connectivity index (χ2n) is 5.40. The fraction of sp³-hybridized carbons (Fsp3) is 0.643. The number of H-pyrrole nitrogens is 1. The minimum Gasteiger partial charge on any atom is -0.381 e. The monoisotopic (exact) mass is 290 g/mol. The fourth-order valence-corrected chi connectivity index (χ4v) is 2.49. The Morgan fingerprint density at radius 3 is 3.10 bits per heavy atom. The number of hydrogen-bond donors (Lipinski definition) is 3. The Labute approximate surface area is 123 Å². The first-order valence-electron chi connectivity index (χ1n) is 7.63. The summed E-state index contributed by atoms with van der Waals surface area (Å²) in [6.45, 7) is 5.65. The van der Waals surface area contributed by atoms with E-state index in [-0.39, 0.29) is 0 Å². The Kier molecular flexibility index (Phi) is 4.49. The number of aromatic amines is 1. The normalized spacial score (nSPS) is 18.2. The first-order chi connectivity index (χ1) is 10.4. The second kappa shape index (κ2) is 6.71. The summed E-state index contributed by atoms with van der Waals surface area (Å²) < 4.78 is 5.40. The summed E-state index contributed by atoms with van der Waals surface area (Å²) in [5.74, 6) is 2.14. The maximum atomic E-state index is 5.40. The highest BCUT2D eigenvalue weighted by molar-refractivity contribution is 5.86. The molecule has 0 amide bonds. The quantitative estimate of drug-likeness (QED) is 0.723. The average Bonchev–Trinajstić information content (AvgIpc) is 3.15. The standard InChI is InChI=1S/C14H22N6O/c1-2-5-16-14-18-12(11-8-17-20-13(11)19-14)15-6-3-10-4-7-21-9-10/h8,10H,2-7,9H2,1H3,(H3,15,16,17,18,19,20).